The number of hydrogen-bond acceptors (Lipinski definition) is 6. The predicted octanol–water partition coefficient (Wildman–Crippen LogP) is 4.20. The van der Waals surface area contributed by atoms with Crippen LogP contribution in [0.15, 0.2) is 18.2 Å². The number of hydrogen-bond donors (Lipinski definition) is 3. The van der Waals surface area contributed by atoms with E-state index in [1.165, 1.54) is 12.1 Å². The first-order valence-electron chi connectivity index (χ1n) is 11.2. The number of aromatic hydroxyl groups is 2. The van der Waals surface area contributed by atoms with Crippen LogP contribution in [0.4, 0.5) is 13.2 Å². The summed E-state index contributed by atoms with van der Waals surface area (Å²) in [6, 6.07) is 4.51. The molecule has 0 amide bonds. The lowest BCUT2D eigenvalue weighted by molar-refractivity contribution is -0.186. The highest BCUT2D eigenvalue weighted by Crippen LogP contribution is 2.59. The van der Waals surface area contributed by atoms with Gasteiger partial charge in [-0.1, -0.05) is 6.42 Å². The van der Waals surface area contributed by atoms with Crippen LogP contribution in [0.3, 0.4) is 0 Å². The lowest BCUT2D eigenvalue weighted by Gasteiger charge is -2.44. The Morgan fingerprint density at radius 1 is 1.11 bits per heavy atom. The van der Waals surface area contributed by atoms with Gasteiger partial charge in [0.05, 0.1) is 34.0 Å². The monoisotopic (exact) mass is 493 g/mol. The summed E-state index contributed by atoms with van der Waals surface area (Å²) in [4.78, 5) is 12.8. The molecule has 1 fully saturated rings. The Labute approximate surface area is 199 Å². The number of carboxylic acids is 1. The minimum absolute atomic E-state index is 0.112. The lowest BCUT2D eigenvalue weighted by atomic mass is 9.94. The van der Waals surface area contributed by atoms with Crippen molar-refractivity contribution in [2.45, 2.75) is 56.9 Å². The van der Waals surface area contributed by atoms with Gasteiger partial charge in [-0.2, -0.15) is 18.4 Å². The Bertz CT molecular complexity index is 1180. The van der Waals surface area contributed by atoms with E-state index in [9.17, 15) is 28.2 Å². The molecule has 2 atom stereocenters. The van der Waals surface area contributed by atoms with Crippen LogP contribution >= 0.6 is 0 Å². The zero-order chi connectivity index (χ0) is 25.8. The molecule has 2 aliphatic rings. The summed E-state index contributed by atoms with van der Waals surface area (Å²) >= 11 is 0. The van der Waals surface area contributed by atoms with Crippen molar-refractivity contribution in [1.29, 1.82) is 5.26 Å². The van der Waals surface area contributed by atoms with Crippen molar-refractivity contribution in [1.82, 2.24) is 9.47 Å². The third kappa shape index (κ3) is 4.21. The molecular weight excluding hydrogens is 467 g/mol. The van der Waals surface area contributed by atoms with E-state index < -0.39 is 46.2 Å². The molecule has 188 valence electrons. The number of carbonyl (C=O) groups is 1. The standard InChI is InChI=1S/C24H26F3N3O5/c1-22-12-29(9-5-3-4-6-17(31)32)13-23(2,35-22)19-18(22)20(33)30(21(19)34)15-8-7-14(11-28)16(10-15)24(25,26)27/h7-8,10,33-34H,3-6,9,12-13H2,1-2H3,(H,31,32)/t22-,23+. The summed E-state index contributed by atoms with van der Waals surface area (Å²) in [7, 11) is 0. The number of alkyl halides is 3. The maximum atomic E-state index is 13.5. The molecule has 2 aliphatic heterocycles. The van der Waals surface area contributed by atoms with E-state index in [1.807, 2.05) is 0 Å². The van der Waals surface area contributed by atoms with Crippen LogP contribution in [0.1, 0.15) is 61.8 Å². The van der Waals surface area contributed by atoms with Crippen molar-refractivity contribution in [3.63, 3.8) is 0 Å². The van der Waals surface area contributed by atoms with Crippen LogP contribution in [0.25, 0.3) is 5.69 Å². The molecule has 0 unspecified atom stereocenters. The molecule has 1 saturated heterocycles. The van der Waals surface area contributed by atoms with Crippen LogP contribution in [0.2, 0.25) is 0 Å². The molecule has 35 heavy (non-hydrogen) atoms. The fraction of sp³-hybridized carbons (Fsp3) is 0.500. The number of nitriles is 1. The van der Waals surface area contributed by atoms with Crippen molar-refractivity contribution in [3.05, 3.63) is 40.5 Å². The van der Waals surface area contributed by atoms with Gasteiger partial charge in [-0.05, 0) is 51.4 Å². The van der Waals surface area contributed by atoms with Gasteiger partial charge in [0.15, 0.2) is 0 Å². The smallest absolute Gasteiger partial charge is 0.417 e. The van der Waals surface area contributed by atoms with Crippen molar-refractivity contribution in [3.8, 4) is 23.5 Å². The highest BCUT2D eigenvalue weighted by atomic mass is 19.4. The minimum Gasteiger partial charge on any atom is -0.494 e. The van der Waals surface area contributed by atoms with E-state index in [0.29, 0.717) is 37.2 Å². The van der Waals surface area contributed by atoms with Crippen molar-refractivity contribution >= 4 is 5.97 Å². The van der Waals surface area contributed by atoms with Gasteiger partial charge in [-0.3, -0.25) is 14.3 Å². The van der Waals surface area contributed by atoms with Gasteiger partial charge in [-0.15, -0.1) is 0 Å². The highest BCUT2D eigenvalue weighted by Gasteiger charge is 2.58. The molecule has 0 aliphatic carbocycles. The Morgan fingerprint density at radius 3 is 2.23 bits per heavy atom. The first kappa shape index (κ1) is 24.9. The molecule has 2 bridgehead atoms. The van der Waals surface area contributed by atoms with Crippen molar-refractivity contribution in [2.24, 2.45) is 0 Å². The van der Waals surface area contributed by atoms with Crippen LogP contribution < -0.4 is 0 Å². The second kappa shape index (κ2) is 8.46. The maximum absolute atomic E-state index is 13.5. The molecule has 3 heterocycles. The molecule has 1 aromatic carbocycles. The van der Waals surface area contributed by atoms with Gasteiger partial charge in [0.2, 0.25) is 11.8 Å². The summed E-state index contributed by atoms with van der Waals surface area (Å²) in [6.45, 7) is 4.96. The Hall–Kier alpha value is -3.23. The van der Waals surface area contributed by atoms with E-state index >= 15 is 0 Å². The summed E-state index contributed by atoms with van der Waals surface area (Å²) in [6.07, 6.45) is -2.59. The molecule has 0 radical (unpaired) electrons. The van der Waals surface area contributed by atoms with Crippen molar-refractivity contribution < 1.29 is 38.0 Å². The number of halogens is 3. The molecule has 1 aromatic heterocycles. The number of morpholine rings is 1. The second-order valence-corrected chi connectivity index (χ2v) is 9.55. The summed E-state index contributed by atoms with van der Waals surface area (Å²) < 4.78 is 47.7. The third-order valence-electron chi connectivity index (χ3n) is 6.73. The number of unbranched alkanes of at least 4 members (excludes halogenated alkanes) is 2. The molecule has 0 spiro atoms. The second-order valence-electron chi connectivity index (χ2n) is 9.55. The summed E-state index contributed by atoms with van der Waals surface area (Å²) in [5.41, 5.74) is -3.23. The highest BCUT2D eigenvalue weighted by molar-refractivity contribution is 5.66. The van der Waals surface area contributed by atoms with E-state index in [0.717, 1.165) is 29.5 Å². The zero-order valence-corrected chi connectivity index (χ0v) is 19.3. The summed E-state index contributed by atoms with van der Waals surface area (Å²) in [5, 5.41) is 40.1. The minimum atomic E-state index is -4.79. The van der Waals surface area contributed by atoms with Gasteiger partial charge in [0.1, 0.15) is 11.2 Å². The van der Waals surface area contributed by atoms with Gasteiger partial charge in [-0.25, -0.2) is 0 Å². The topological polar surface area (TPSA) is 119 Å². The molecule has 0 saturated carbocycles. The van der Waals surface area contributed by atoms with Gasteiger partial charge < -0.3 is 20.1 Å². The fourth-order valence-corrected chi connectivity index (χ4v) is 5.48. The number of fused-ring (bicyclic) bond motifs is 5. The van der Waals surface area contributed by atoms with Gasteiger partial charge >= 0.3 is 12.1 Å². The number of carboxylic acid groups (broad SMARTS) is 1. The number of aromatic nitrogens is 1. The molecule has 11 heteroatoms. The third-order valence-corrected chi connectivity index (χ3v) is 6.73. The Balaban J connectivity index is 1.67. The number of aliphatic carboxylic acids is 1. The fourth-order valence-electron chi connectivity index (χ4n) is 5.48. The van der Waals surface area contributed by atoms with E-state index in [2.05, 4.69) is 4.90 Å². The number of rotatable bonds is 7. The Kier molecular flexibility index (Phi) is 6.02. The molecule has 3 N–H and O–H groups in total. The molecule has 8 nitrogen and oxygen atoms in total. The normalized spacial score (nSPS) is 23.8. The van der Waals surface area contributed by atoms with E-state index in [-0.39, 0.29) is 12.1 Å². The maximum Gasteiger partial charge on any atom is 0.417 e. The van der Waals surface area contributed by atoms with Crippen molar-refractivity contribution in [2.75, 3.05) is 19.6 Å². The quantitative estimate of drug-likeness (QED) is 0.495. The van der Waals surface area contributed by atoms with Gasteiger partial charge in [0, 0.05) is 19.5 Å². The average molecular weight is 493 g/mol. The van der Waals surface area contributed by atoms with Crippen LogP contribution in [0, 0.1) is 11.3 Å². The predicted molar refractivity (Wildman–Crippen MR) is 117 cm³/mol. The number of nitrogens with zero attached hydrogens (tertiary/aromatic N) is 3. The molecular formula is C24H26F3N3O5. The Morgan fingerprint density at radius 2 is 1.71 bits per heavy atom. The molecule has 2 aromatic rings. The van der Waals surface area contributed by atoms with Crippen LogP contribution in [0.5, 0.6) is 11.8 Å². The SMILES string of the molecule is C[C@]12CN(CCCCCC(=O)O)C[C@](C)(O1)c1c2c(O)n(-c2ccc(C#N)c(C(F)(F)F)c2)c1O. The number of ether oxygens (including phenoxy) is 1. The molecule has 4 rings (SSSR count). The average Bonchev–Trinajstić information content (AvgIpc) is 3.12. The zero-order valence-electron chi connectivity index (χ0n) is 19.3. The van der Waals surface area contributed by atoms with E-state index in [4.69, 9.17) is 15.1 Å². The first-order chi connectivity index (χ1) is 16.3. The van der Waals surface area contributed by atoms with Gasteiger partial charge in [0.25, 0.3) is 0 Å². The number of benzene rings is 1. The largest absolute Gasteiger partial charge is 0.494 e. The summed E-state index contributed by atoms with van der Waals surface area (Å²) in [5.74, 6) is -1.66. The lowest BCUT2D eigenvalue weighted by Crippen LogP contribution is -2.51. The first-order valence-corrected chi connectivity index (χ1v) is 11.2. The van der Waals surface area contributed by atoms with Crippen LogP contribution in [-0.2, 0) is 26.9 Å². The van der Waals surface area contributed by atoms with Crippen LogP contribution in [-0.4, -0.2) is 50.4 Å². The van der Waals surface area contributed by atoms with E-state index in [1.54, 1.807) is 13.8 Å².